The largest absolute Gasteiger partial charge is 0.492 e. The molecule has 0 saturated heterocycles. The first kappa shape index (κ1) is 21.3. The first-order chi connectivity index (χ1) is 13.9. The molecule has 6 nitrogen and oxygen atoms in total. The highest BCUT2D eigenvalue weighted by Gasteiger charge is 2.34. The third kappa shape index (κ3) is 5.14. The van der Waals surface area contributed by atoms with Crippen molar-refractivity contribution in [1.82, 2.24) is 10.4 Å². The van der Waals surface area contributed by atoms with E-state index in [9.17, 15) is 9.59 Å². The summed E-state index contributed by atoms with van der Waals surface area (Å²) in [5, 5.41) is 5.66. The average molecular weight is 436 g/mol. The van der Waals surface area contributed by atoms with Gasteiger partial charge in [-0.2, -0.15) is 0 Å². The summed E-state index contributed by atoms with van der Waals surface area (Å²) in [5.74, 6) is 0.137. The molecule has 0 bridgehead atoms. The van der Waals surface area contributed by atoms with Crippen LogP contribution in [-0.2, 0) is 4.79 Å². The number of para-hydroxylation sites is 1. The van der Waals surface area contributed by atoms with Gasteiger partial charge in [0.2, 0.25) is 5.91 Å². The zero-order chi connectivity index (χ0) is 21.0. The van der Waals surface area contributed by atoms with Crippen LogP contribution < -0.4 is 15.5 Å². The van der Waals surface area contributed by atoms with E-state index in [1.807, 2.05) is 26.0 Å². The van der Waals surface area contributed by atoms with Gasteiger partial charge < -0.3 is 10.1 Å². The van der Waals surface area contributed by atoms with Crippen molar-refractivity contribution in [3.63, 3.8) is 0 Å². The molecule has 2 N–H and O–H groups in total. The monoisotopic (exact) mass is 435 g/mol. The molecule has 2 aromatic rings. The lowest BCUT2D eigenvalue weighted by Gasteiger charge is -2.39. The van der Waals surface area contributed by atoms with Gasteiger partial charge in [0.1, 0.15) is 11.9 Å². The predicted molar refractivity (Wildman–Crippen MR) is 114 cm³/mol. The van der Waals surface area contributed by atoms with Crippen LogP contribution in [0.1, 0.15) is 37.0 Å². The van der Waals surface area contributed by atoms with Gasteiger partial charge >= 0.3 is 0 Å². The van der Waals surface area contributed by atoms with Gasteiger partial charge in [-0.15, -0.1) is 0 Å². The van der Waals surface area contributed by atoms with E-state index in [1.165, 1.54) is 5.01 Å². The molecule has 0 aromatic heterocycles. The van der Waals surface area contributed by atoms with Crippen molar-refractivity contribution in [3.05, 3.63) is 58.1 Å². The number of ether oxygens (including phenoxy) is 1. The number of nitrogens with one attached hydrogen (secondary N) is 2. The van der Waals surface area contributed by atoms with E-state index in [4.69, 9.17) is 27.9 Å². The Morgan fingerprint density at radius 2 is 2.00 bits per heavy atom. The molecule has 0 fully saturated rings. The molecule has 0 aliphatic carbocycles. The number of hydrazine groups is 1. The van der Waals surface area contributed by atoms with E-state index in [0.29, 0.717) is 34.4 Å². The van der Waals surface area contributed by atoms with Crippen molar-refractivity contribution in [1.29, 1.82) is 0 Å². The minimum absolute atomic E-state index is 0.1000. The van der Waals surface area contributed by atoms with Crippen molar-refractivity contribution in [2.75, 3.05) is 11.9 Å². The molecule has 1 heterocycles. The fourth-order valence-corrected chi connectivity index (χ4v) is 3.52. The molecule has 29 heavy (non-hydrogen) atoms. The minimum Gasteiger partial charge on any atom is -0.492 e. The molecule has 2 aromatic carbocycles. The molecule has 0 spiro atoms. The lowest BCUT2D eigenvalue weighted by atomic mass is 10.0. The lowest BCUT2D eigenvalue weighted by Crippen LogP contribution is -2.59. The Balaban J connectivity index is 1.55. The Morgan fingerprint density at radius 3 is 2.72 bits per heavy atom. The van der Waals surface area contributed by atoms with Crippen molar-refractivity contribution in [2.24, 2.45) is 5.92 Å². The molecule has 1 aliphatic rings. The normalized spacial score (nSPS) is 15.7. The Labute approximate surface area is 180 Å². The Morgan fingerprint density at radius 1 is 1.24 bits per heavy atom. The first-order valence-corrected chi connectivity index (χ1v) is 10.2. The molecule has 1 aliphatic heterocycles. The summed E-state index contributed by atoms with van der Waals surface area (Å²) >= 11 is 11.9. The number of anilines is 1. The van der Waals surface area contributed by atoms with Crippen LogP contribution in [0.5, 0.6) is 5.75 Å². The van der Waals surface area contributed by atoms with Gasteiger partial charge in [0, 0.05) is 17.1 Å². The van der Waals surface area contributed by atoms with Gasteiger partial charge in [0.25, 0.3) is 5.91 Å². The van der Waals surface area contributed by atoms with E-state index in [0.717, 1.165) is 5.69 Å². The van der Waals surface area contributed by atoms with Crippen LogP contribution in [0.15, 0.2) is 42.5 Å². The zero-order valence-corrected chi connectivity index (χ0v) is 17.8. The van der Waals surface area contributed by atoms with Gasteiger partial charge in [-0.3, -0.25) is 15.0 Å². The van der Waals surface area contributed by atoms with Crippen LogP contribution >= 0.6 is 23.2 Å². The number of nitrogens with zero attached hydrogens (tertiary/aromatic N) is 1. The molecular formula is C21H23Cl2N3O3. The third-order valence-corrected chi connectivity index (χ3v) is 5.06. The fourth-order valence-electron chi connectivity index (χ4n) is 3.06. The molecule has 3 rings (SSSR count). The maximum Gasteiger partial charge on any atom is 0.276 e. The highest BCUT2D eigenvalue weighted by molar-refractivity contribution is 6.35. The van der Waals surface area contributed by atoms with E-state index >= 15 is 0 Å². The summed E-state index contributed by atoms with van der Waals surface area (Å²) in [6, 6.07) is 12.3. The molecule has 1 atom stereocenters. The molecule has 154 valence electrons. The summed E-state index contributed by atoms with van der Waals surface area (Å²) in [6.45, 7) is 4.29. The lowest BCUT2D eigenvalue weighted by molar-refractivity contribution is -0.126. The highest BCUT2D eigenvalue weighted by atomic mass is 35.5. The van der Waals surface area contributed by atoms with Gasteiger partial charge in [-0.25, -0.2) is 5.01 Å². The van der Waals surface area contributed by atoms with Crippen LogP contribution in [0.2, 0.25) is 10.0 Å². The number of amides is 2. The Kier molecular flexibility index (Phi) is 6.87. The molecule has 2 amide bonds. The van der Waals surface area contributed by atoms with Gasteiger partial charge in [-0.05, 0) is 42.7 Å². The van der Waals surface area contributed by atoms with Crippen LogP contribution in [-0.4, -0.2) is 29.6 Å². The van der Waals surface area contributed by atoms with E-state index in [2.05, 4.69) is 10.7 Å². The Bertz CT molecular complexity index is 904. The number of benzene rings is 2. The SMILES string of the molecule is CC(C)C1Nc2ccccc2C(=O)N1NC(=O)CCCOc1ccc(Cl)cc1Cl. The zero-order valence-electron chi connectivity index (χ0n) is 16.2. The van der Waals surface area contributed by atoms with Gasteiger partial charge in [0.15, 0.2) is 0 Å². The maximum absolute atomic E-state index is 12.9. The molecule has 0 saturated carbocycles. The average Bonchev–Trinajstić information content (AvgIpc) is 2.68. The summed E-state index contributed by atoms with van der Waals surface area (Å²) in [4.78, 5) is 25.3. The van der Waals surface area contributed by atoms with Crippen molar-refractivity contribution < 1.29 is 14.3 Å². The van der Waals surface area contributed by atoms with Gasteiger partial charge in [-0.1, -0.05) is 49.2 Å². The van der Waals surface area contributed by atoms with E-state index in [-0.39, 0.29) is 30.3 Å². The standard InChI is InChI=1S/C21H23Cl2N3O3/c1-13(2)20-24-17-7-4-3-6-15(17)21(28)26(20)25-19(27)8-5-11-29-18-10-9-14(22)12-16(18)23/h3-4,6-7,9-10,12-13,20,24H,5,8,11H2,1-2H3,(H,25,27). The Hall–Kier alpha value is -2.44. The van der Waals surface area contributed by atoms with E-state index in [1.54, 1.807) is 30.3 Å². The van der Waals surface area contributed by atoms with E-state index < -0.39 is 0 Å². The number of rotatable bonds is 7. The number of carbonyl (C=O) groups is 2. The number of halogens is 2. The predicted octanol–water partition coefficient (Wildman–Crippen LogP) is 4.73. The molecule has 8 heteroatoms. The molecular weight excluding hydrogens is 413 g/mol. The van der Waals surface area contributed by atoms with Crippen molar-refractivity contribution >= 4 is 40.7 Å². The first-order valence-electron chi connectivity index (χ1n) is 9.43. The number of carbonyl (C=O) groups excluding carboxylic acids is 2. The molecule has 0 radical (unpaired) electrons. The summed E-state index contributed by atoms with van der Waals surface area (Å²) in [5.41, 5.74) is 4.05. The number of fused-ring (bicyclic) bond motifs is 1. The number of hydrogen-bond donors (Lipinski definition) is 2. The quantitative estimate of drug-likeness (QED) is 0.616. The second-order valence-corrected chi connectivity index (χ2v) is 7.96. The van der Waals surface area contributed by atoms with Crippen molar-refractivity contribution in [3.8, 4) is 5.75 Å². The van der Waals surface area contributed by atoms with Crippen LogP contribution in [0, 0.1) is 5.92 Å². The fraction of sp³-hybridized carbons (Fsp3) is 0.333. The summed E-state index contributed by atoms with van der Waals surface area (Å²) in [7, 11) is 0. The second-order valence-electron chi connectivity index (χ2n) is 7.12. The smallest absolute Gasteiger partial charge is 0.276 e. The highest BCUT2D eigenvalue weighted by Crippen LogP contribution is 2.28. The molecule has 1 unspecified atom stereocenters. The van der Waals surface area contributed by atoms with Crippen LogP contribution in [0.4, 0.5) is 5.69 Å². The third-order valence-electron chi connectivity index (χ3n) is 4.53. The van der Waals surface area contributed by atoms with Crippen LogP contribution in [0.3, 0.4) is 0 Å². The van der Waals surface area contributed by atoms with Crippen LogP contribution in [0.25, 0.3) is 0 Å². The second kappa shape index (κ2) is 9.37. The summed E-state index contributed by atoms with van der Waals surface area (Å²) in [6.07, 6.45) is 0.357. The topological polar surface area (TPSA) is 70.7 Å². The number of hydrogen-bond acceptors (Lipinski definition) is 4. The van der Waals surface area contributed by atoms with Crippen molar-refractivity contribution in [2.45, 2.75) is 32.9 Å². The van der Waals surface area contributed by atoms with Gasteiger partial charge in [0.05, 0.1) is 17.2 Å². The summed E-state index contributed by atoms with van der Waals surface area (Å²) < 4.78 is 5.60. The minimum atomic E-state index is -0.328. The maximum atomic E-state index is 12.9.